The number of anilines is 1. The first-order chi connectivity index (χ1) is 15.6. The summed E-state index contributed by atoms with van der Waals surface area (Å²) in [5, 5.41) is 2.00. The molecule has 0 spiro atoms. The third-order valence-electron chi connectivity index (χ3n) is 6.04. The summed E-state index contributed by atoms with van der Waals surface area (Å²) >= 11 is 9.59. The number of rotatable bonds is 6. The van der Waals surface area contributed by atoms with E-state index in [0.717, 1.165) is 77.6 Å². The molecule has 2 aliphatic rings. The number of halogens is 1. The molecule has 0 atom stereocenters. The molecule has 9 heteroatoms. The van der Waals surface area contributed by atoms with Gasteiger partial charge in [-0.05, 0) is 55.5 Å². The van der Waals surface area contributed by atoms with E-state index in [2.05, 4.69) is 9.80 Å². The molecule has 32 heavy (non-hydrogen) atoms. The summed E-state index contributed by atoms with van der Waals surface area (Å²) in [5.74, 6) is 2.39. The fraction of sp³-hybridized carbons (Fsp3) is 0.435. The quantitative estimate of drug-likeness (QED) is 0.527. The monoisotopic (exact) mass is 487 g/mol. The van der Waals surface area contributed by atoms with Crippen LogP contribution in [-0.2, 0) is 23.4 Å². The first kappa shape index (κ1) is 21.9. The largest absolute Gasteiger partial charge is 0.369 e. The summed E-state index contributed by atoms with van der Waals surface area (Å²) in [4.78, 5) is 29.7. The van der Waals surface area contributed by atoms with Gasteiger partial charge in [-0.2, -0.15) is 0 Å². The molecule has 0 bridgehead atoms. The lowest BCUT2D eigenvalue weighted by Gasteiger charge is -2.24. The van der Waals surface area contributed by atoms with Crippen LogP contribution in [0.5, 0.6) is 0 Å². The van der Waals surface area contributed by atoms with Gasteiger partial charge >= 0.3 is 0 Å². The summed E-state index contributed by atoms with van der Waals surface area (Å²) < 4.78 is 0. The predicted molar refractivity (Wildman–Crippen MR) is 133 cm³/mol. The van der Waals surface area contributed by atoms with Gasteiger partial charge in [0, 0.05) is 41.0 Å². The second-order valence-corrected chi connectivity index (χ2v) is 10.9. The van der Waals surface area contributed by atoms with E-state index >= 15 is 0 Å². The van der Waals surface area contributed by atoms with E-state index in [9.17, 15) is 4.79 Å². The highest BCUT2D eigenvalue weighted by Gasteiger charge is 2.26. The van der Waals surface area contributed by atoms with E-state index in [1.165, 1.54) is 22.2 Å². The van der Waals surface area contributed by atoms with E-state index in [-0.39, 0.29) is 5.91 Å². The van der Waals surface area contributed by atoms with Crippen LogP contribution in [0.3, 0.4) is 0 Å². The van der Waals surface area contributed by atoms with Crippen LogP contribution >= 0.6 is 34.7 Å². The second kappa shape index (κ2) is 9.55. The average molecular weight is 488 g/mol. The lowest BCUT2D eigenvalue weighted by molar-refractivity contribution is -0.119. The maximum Gasteiger partial charge on any atom is 0.231 e. The molecule has 1 amide bonds. The number of carbonyl (C=O) groups excluding carboxylic acids is 1. The number of carbonyl (C=O) groups is 1. The smallest absolute Gasteiger partial charge is 0.231 e. The van der Waals surface area contributed by atoms with Crippen molar-refractivity contribution < 1.29 is 4.79 Å². The molecular formula is C23H26ClN5OS2. The predicted octanol–water partition coefficient (Wildman–Crippen LogP) is 4.12. The minimum absolute atomic E-state index is 0.264. The molecule has 168 valence electrons. The Labute approximate surface area is 201 Å². The first-order valence-electron chi connectivity index (χ1n) is 11.0. The number of amides is 1. The first-order valence-corrected chi connectivity index (χ1v) is 13.2. The van der Waals surface area contributed by atoms with Crippen LogP contribution < -0.4 is 10.6 Å². The lowest BCUT2D eigenvalue weighted by atomic mass is 10.1. The number of nitrogens with zero attached hydrogens (tertiary/aromatic N) is 4. The molecule has 2 aromatic heterocycles. The number of nitrogens with two attached hydrogens (primary N) is 1. The van der Waals surface area contributed by atoms with Crippen LogP contribution in [0.25, 0.3) is 10.2 Å². The van der Waals surface area contributed by atoms with Gasteiger partial charge in [-0.3, -0.25) is 9.69 Å². The van der Waals surface area contributed by atoms with Crippen molar-refractivity contribution >= 4 is 56.6 Å². The van der Waals surface area contributed by atoms with Crippen molar-refractivity contribution in [3.05, 3.63) is 45.6 Å². The van der Waals surface area contributed by atoms with Crippen LogP contribution in [0, 0.1) is 0 Å². The third-order valence-corrected chi connectivity index (χ3v) is 8.49. The Bertz CT molecular complexity index is 1130. The van der Waals surface area contributed by atoms with Gasteiger partial charge < -0.3 is 10.6 Å². The van der Waals surface area contributed by atoms with Crippen molar-refractivity contribution in [3.8, 4) is 0 Å². The Kier molecular flexibility index (Phi) is 6.55. The van der Waals surface area contributed by atoms with Gasteiger partial charge in [-0.15, -0.1) is 23.1 Å². The van der Waals surface area contributed by atoms with Gasteiger partial charge in [0.25, 0.3) is 0 Å². The fourth-order valence-corrected chi connectivity index (χ4v) is 6.71. The van der Waals surface area contributed by atoms with Gasteiger partial charge in [-0.1, -0.05) is 11.6 Å². The Balaban J connectivity index is 1.44. The number of aryl methyl sites for hydroxylation is 2. The fourth-order valence-electron chi connectivity index (χ4n) is 4.55. The topological polar surface area (TPSA) is 75.4 Å². The molecule has 0 saturated carbocycles. The highest BCUT2D eigenvalue weighted by molar-refractivity contribution is 7.98. The standard InChI is InChI=1S/C23H26ClN5OS2/c24-15-5-7-16(8-6-15)31-14-20-26-22(21-17-3-1-4-18(17)32-23(21)27-20)29-10-2-9-28(11-12-29)13-19(25)30/h5-8H,1-4,9-14H2,(H2,25,30). The lowest BCUT2D eigenvalue weighted by Crippen LogP contribution is -2.37. The number of thioether (sulfide) groups is 1. The summed E-state index contributed by atoms with van der Waals surface area (Å²) in [7, 11) is 0. The number of hydrogen-bond donors (Lipinski definition) is 1. The molecule has 1 aliphatic heterocycles. The zero-order valence-corrected chi connectivity index (χ0v) is 20.2. The molecule has 3 aromatic rings. The molecule has 6 nitrogen and oxygen atoms in total. The number of aromatic nitrogens is 2. The maximum absolute atomic E-state index is 11.4. The second-order valence-electron chi connectivity index (χ2n) is 8.33. The van der Waals surface area contributed by atoms with Gasteiger partial charge in [0.15, 0.2) is 0 Å². The van der Waals surface area contributed by atoms with Crippen LogP contribution in [0.2, 0.25) is 5.02 Å². The number of fused-ring (bicyclic) bond motifs is 3. The summed E-state index contributed by atoms with van der Waals surface area (Å²) in [6.45, 7) is 3.79. The third kappa shape index (κ3) is 4.73. The van der Waals surface area contributed by atoms with Crippen LogP contribution in [0.1, 0.15) is 29.1 Å². The number of thiophene rings is 1. The van der Waals surface area contributed by atoms with E-state index < -0.39 is 0 Å². The maximum atomic E-state index is 11.4. The molecule has 5 rings (SSSR count). The van der Waals surface area contributed by atoms with Crippen LogP contribution in [0.4, 0.5) is 5.82 Å². The summed E-state index contributed by atoms with van der Waals surface area (Å²) in [5.41, 5.74) is 6.88. The van der Waals surface area contributed by atoms with E-state index in [1.54, 1.807) is 11.8 Å². The van der Waals surface area contributed by atoms with Gasteiger partial charge in [0.1, 0.15) is 16.5 Å². The van der Waals surface area contributed by atoms with E-state index in [1.807, 2.05) is 35.6 Å². The Hall–Kier alpha value is -1.87. The molecule has 1 aliphatic carbocycles. The summed E-state index contributed by atoms with van der Waals surface area (Å²) in [6.07, 6.45) is 4.47. The van der Waals surface area contributed by atoms with Gasteiger partial charge in [0.05, 0.1) is 17.7 Å². The van der Waals surface area contributed by atoms with Crippen molar-refractivity contribution in [2.24, 2.45) is 5.73 Å². The molecule has 0 radical (unpaired) electrons. The van der Waals surface area contributed by atoms with Crippen molar-refractivity contribution in [1.82, 2.24) is 14.9 Å². The Morgan fingerprint density at radius 2 is 1.94 bits per heavy atom. The SMILES string of the molecule is NC(=O)CN1CCCN(c2nc(CSc3ccc(Cl)cc3)nc3sc4c(c23)CCC4)CC1. The van der Waals surface area contributed by atoms with Crippen LogP contribution in [0.15, 0.2) is 29.2 Å². The minimum atomic E-state index is -0.264. The number of benzene rings is 1. The molecule has 1 saturated heterocycles. The van der Waals surface area contributed by atoms with Crippen molar-refractivity contribution in [3.63, 3.8) is 0 Å². The number of primary amides is 1. The average Bonchev–Trinajstić information content (AvgIpc) is 3.27. The van der Waals surface area contributed by atoms with Crippen molar-refractivity contribution in [2.75, 3.05) is 37.6 Å². The molecule has 1 fully saturated rings. The zero-order valence-electron chi connectivity index (χ0n) is 17.8. The van der Waals surface area contributed by atoms with Crippen LogP contribution in [-0.4, -0.2) is 53.5 Å². The highest BCUT2D eigenvalue weighted by atomic mass is 35.5. The minimum Gasteiger partial charge on any atom is -0.369 e. The highest BCUT2D eigenvalue weighted by Crippen LogP contribution is 2.41. The van der Waals surface area contributed by atoms with E-state index in [0.29, 0.717) is 6.54 Å². The van der Waals surface area contributed by atoms with Crippen molar-refractivity contribution in [1.29, 1.82) is 0 Å². The molecule has 1 aromatic carbocycles. The Morgan fingerprint density at radius 3 is 2.75 bits per heavy atom. The number of hydrogen-bond acceptors (Lipinski definition) is 7. The Morgan fingerprint density at radius 1 is 1.09 bits per heavy atom. The zero-order chi connectivity index (χ0) is 22.1. The summed E-state index contributed by atoms with van der Waals surface area (Å²) in [6, 6.07) is 7.90. The molecule has 2 N–H and O–H groups in total. The van der Waals surface area contributed by atoms with Crippen molar-refractivity contribution in [2.45, 2.75) is 36.3 Å². The normalized spacial score (nSPS) is 17.0. The molecule has 3 heterocycles. The van der Waals surface area contributed by atoms with Gasteiger partial charge in [-0.25, -0.2) is 9.97 Å². The van der Waals surface area contributed by atoms with E-state index in [4.69, 9.17) is 27.3 Å². The molecule has 0 unspecified atom stereocenters. The van der Waals surface area contributed by atoms with Gasteiger partial charge in [0.2, 0.25) is 5.91 Å². The molecular weight excluding hydrogens is 462 g/mol.